The zero-order valence-corrected chi connectivity index (χ0v) is 12.9. The summed E-state index contributed by atoms with van der Waals surface area (Å²) in [6.45, 7) is 5.60. The van der Waals surface area contributed by atoms with Crippen molar-refractivity contribution in [2.45, 2.75) is 27.2 Å². The van der Waals surface area contributed by atoms with Crippen molar-refractivity contribution in [1.29, 1.82) is 0 Å². The number of hydrogen-bond acceptors (Lipinski definition) is 7. The summed E-state index contributed by atoms with van der Waals surface area (Å²) >= 11 is 0. The topological polar surface area (TPSA) is 115 Å². The highest BCUT2D eigenvalue weighted by Crippen LogP contribution is 2.22. The van der Waals surface area contributed by atoms with E-state index in [1.54, 1.807) is 6.92 Å². The zero-order chi connectivity index (χ0) is 16.6. The van der Waals surface area contributed by atoms with E-state index < -0.39 is 5.97 Å². The first-order valence-corrected chi connectivity index (χ1v) is 7.17. The van der Waals surface area contributed by atoms with Gasteiger partial charge in [-0.2, -0.15) is 9.61 Å². The summed E-state index contributed by atoms with van der Waals surface area (Å²) in [4.78, 5) is 27.1. The summed E-state index contributed by atoms with van der Waals surface area (Å²) in [7, 11) is 0. The Morgan fingerprint density at radius 1 is 1.39 bits per heavy atom. The molecule has 120 valence electrons. The van der Waals surface area contributed by atoms with Crippen LogP contribution in [0.4, 0.5) is 0 Å². The van der Waals surface area contributed by atoms with Crippen LogP contribution in [0.25, 0.3) is 17.1 Å². The summed E-state index contributed by atoms with van der Waals surface area (Å²) < 4.78 is 11.4. The van der Waals surface area contributed by atoms with Crippen molar-refractivity contribution in [2.24, 2.45) is 0 Å². The van der Waals surface area contributed by atoms with E-state index in [2.05, 4.69) is 20.3 Å². The van der Waals surface area contributed by atoms with Gasteiger partial charge < -0.3 is 14.1 Å². The smallest absolute Gasteiger partial charge is 0.396 e. The standard InChI is InChI=1S/C14H15N5O4/c1-4-8-7(3)16-10-9(6-15-19(10)13(8)20)11-17-18-12(23-11)14(21)22-5-2/h6,16H,4-5H2,1-3H3. The second kappa shape index (κ2) is 5.67. The predicted molar refractivity (Wildman–Crippen MR) is 79.2 cm³/mol. The summed E-state index contributed by atoms with van der Waals surface area (Å²) in [5.74, 6) is -0.853. The van der Waals surface area contributed by atoms with Crippen LogP contribution in [0.5, 0.6) is 0 Å². The van der Waals surface area contributed by atoms with Crippen LogP contribution in [0.3, 0.4) is 0 Å². The highest BCUT2D eigenvalue weighted by atomic mass is 16.5. The third-order valence-electron chi connectivity index (χ3n) is 3.44. The van der Waals surface area contributed by atoms with Crippen molar-refractivity contribution in [3.8, 4) is 11.5 Å². The molecule has 9 heteroatoms. The Labute approximate surface area is 130 Å². The number of aryl methyl sites for hydroxylation is 1. The van der Waals surface area contributed by atoms with Gasteiger partial charge in [0.25, 0.3) is 11.4 Å². The molecule has 0 aliphatic carbocycles. The lowest BCUT2D eigenvalue weighted by atomic mass is 10.2. The van der Waals surface area contributed by atoms with Crippen LogP contribution < -0.4 is 5.56 Å². The minimum absolute atomic E-state index is 0.0855. The number of nitrogens with zero attached hydrogens (tertiary/aromatic N) is 4. The van der Waals surface area contributed by atoms with Crippen LogP contribution in [0.15, 0.2) is 15.4 Å². The van der Waals surface area contributed by atoms with Crippen molar-refractivity contribution < 1.29 is 13.9 Å². The number of aromatic amines is 1. The van der Waals surface area contributed by atoms with Crippen LogP contribution in [0.2, 0.25) is 0 Å². The Balaban J connectivity index is 2.11. The van der Waals surface area contributed by atoms with E-state index in [1.165, 1.54) is 10.7 Å². The summed E-state index contributed by atoms with van der Waals surface area (Å²) in [6, 6.07) is 0. The molecule has 3 aromatic rings. The van der Waals surface area contributed by atoms with Gasteiger partial charge in [0.15, 0.2) is 0 Å². The van der Waals surface area contributed by atoms with E-state index in [0.717, 1.165) is 5.69 Å². The van der Waals surface area contributed by atoms with Crippen molar-refractivity contribution in [2.75, 3.05) is 6.61 Å². The van der Waals surface area contributed by atoms with Crippen molar-refractivity contribution in [3.05, 3.63) is 33.7 Å². The Morgan fingerprint density at radius 3 is 2.87 bits per heavy atom. The van der Waals surface area contributed by atoms with Gasteiger partial charge in [-0.05, 0) is 20.3 Å². The van der Waals surface area contributed by atoms with Crippen LogP contribution in [0.1, 0.15) is 35.8 Å². The van der Waals surface area contributed by atoms with E-state index in [4.69, 9.17) is 9.15 Å². The molecular formula is C14H15N5O4. The molecule has 0 radical (unpaired) electrons. The Bertz CT molecular complexity index is 936. The molecule has 0 saturated carbocycles. The summed E-state index contributed by atoms with van der Waals surface area (Å²) in [5.41, 5.74) is 2.08. The molecule has 0 bridgehead atoms. The molecule has 0 aliphatic heterocycles. The third kappa shape index (κ3) is 2.39. The molecule has 0 fully saturated rings. The van der Waals surface area contributed by atoms with Gasteiger partial charge in [0.05, 0.1) is 12.8 Å². The molecule has 0 spiro atoms. The highest BCUT2D eigenvalue weighted by molar-refractivity contribution is 5.84. The minimum Gasteiger partial charge on any atom is -0.459 e. The normalized spacial score (nSPS) is 11.1. The second-order valence-corrected chi connectivity index (χ2v) is 4.84. The number of hydrogen-bond donors (Lipinski definition) is 1. The fourth-order valence-corrected chi connectivity index (χ4v) is 2.34. The first-order valence-electron chi connectivity index (χ1n) is 7.17. The molecule has 3 aromatic heterocycles. The molecule has 0 atom stereocenters. The molecule has 0 aromatic carbocycles. The summed E-state index contributed by atoms with van der Waals surface area (Å²) in [6.07, 6.45) is 2.04. The molecule has 0 amide bonds. The van der Waals surface area contributed by atoms with Gasteiger partial charge >= 0.3 is 11.9 Å². The fraction of sp³-hybridized carbons (Fsp3) is 0.357. The van der Waals surface area contributed by atoms with E-state index in [9.17, 15) is 9.59 Å². The average molecular weight is 317 g/mol. The monoisotopic (exact) mass is 317 g/mol. The predicted octanol–water partition coefficient (Wildman–Crippen LogP) is 1.12. The molecule has 1 N–H and O–H groups in total. The number of ether oxygens (including phenoxy) is 1. The van der Waals surface area contributed by atoms with Gasteiger partial charge in [0.2, 0.25) is 0 Å². The first kappa shape index (κ1) is 14.9. The fourth-order valence-electron chi connectivity index (χ4n) is 2.34. The molecular weight excluding hydrogens is 302 g/mol. The van der Waals surface area contributed by atoms with Crippen LogP contribution in [0, 0.1) is 6.92 Å². The van der Waals surface area contributed by atoms with Crippen LogP contribution in [-0.4, -0.2) is 37.4 Å². The minimum atomic E-state index is -0.694. The number of H-pyrrole nitrogens is 1. The van der Waals surface area contributed by atoms with E-state index in [-0.39, 0.29) is 23.9 Å². The highest BCUT2D eigenvalue weighted by Gasteiger charge is 2.21. The van der Waals surface area contributed by atoms with E-state index in [1.807, 2.05) is 13.8 Å². The Morgan fingerprint density at radius 2 is 2.17 bits per heavy atom. The number of rotatable bonds is 4. The number of fused-ring (bicyclic) bond motifs is 1. The molecule has 9 nitrogen and oxygen atoms in total. The third-order valence-corrected chi connectivity index (χ3v) is 3.44. The van der Waals surface area contributed by atoms with Gasteiger partial charge in [-0.1, -0.05) is 6.92 Å². The van der Waals surface area contributed by atoms with Gasteiger partial charge in [0.1, 0.15) is 11.2 Å². The molecule has 23 heavy (non-hydrogen) atoms. The van der Waals surface area contributed by atoms with E-state index in [0.29, 0.717) is 23.2 Å². The van der Waals surface area contributed by atoms with Crippen molar-refractivity contribution >= 4 is 11.6 Å². The maximum absolute atomic E-state index is 12.4. The van der Waals surface area contributed by atoms with Gasteiger partial charge in [-0.3, -0.25) is 4.79 Å². The van der Waals surface area contributed by atoms with Gasteiger partial charge in [-0.15, -0.1) is 10.2 Å². The van der Waals surface area contributed by atoms with Crippen molar-refractivity contribution in [1.82, 2.24) is 24.8 Å². The number of carbonyl (C=O) groups excluding carboxylic acids is 1. The lowest BCUT2D eigenvalue weighted by Gasteiger charge is -2.03. The Hall–Kier alpha value is -2.97. The summed E-state index contributed by atoms with van der Waals surface area (Å²) in [5, 5.41) is 11.5. The average Bonchev–Trinajstić information content (AvgIpc) is 3.14. The SMILES string of the molecule is CCOC(=O)c1nnc(-c2cnn3c(=O)c(CC)c(C)[nH]c23)o1. The Kier molecular flexibility index (Phi) is 3.68. The number of esters is 1. The van der Waals surface area contributed by atoms with Crippen LogP contribution >= 0.6 is 0 Å². The molecule has 3 heterocycles. The second-order valence-electron chi connectivity index (χ2n) is 4.84. The zero-order valence-electron chi connectivity index (χ0n) is 12.9. The number of carbonyl (C=O) groups is 1. The maximum Gasteiger partial charge on any atom is 0.396 e. The number of aromatic nitrogens is 5. The van der Waals surface area contributed by atoms with E-state index >= 15 is 0 Å². The number of nitrogens with one attached hydrogen (secondary N) is 1. The molecule has 0 saturated heterocycles. The van der Waals surface area contributed by atoms with Crippen LogP contribution in [-0.2, 0) is 11.2 Å². The lowest BCUT2D eigenvalue weighted by molar-refractivity contribution is 0.0481. The van der Waals surface area contributed by atoms with Gasteiger partial charge in [-0.25, -0.2) is 4.79 Å². The first-order chi connectivity index (χ1) is 11.1. The quantitative estimate of drug-likeness (QED) is 0.717. The van der Waals surface area contributed by atoms with Gasteiger partial charge in [0, 0.05) is 11.3 Å². The molecule has 0 unspecified atom stereocenters. The largest absolute Gasteiger partial charge is 0.459 e. The molecule has 3 rings (SSSR count). The molecule has 0 aliphatic rings. The maximum atomic E-state index is 12.4. The van der Waals surface area contributed by atoms with Crippen molar-refractivity contribution in [3.63, 3.8) is 0 Å². The lowest BCUT2D eigenvalue weighted by Crippen LogP contribution is -2.21.